The predicted octanol–water partition coefficient (Wildman–Crippen LogP) is 7.61. The minimum Gasteiger partial charge on any atom is -0.396 e. The van der Waals surface area contributed by atoms with Crippen LogP contribution in [0, 0.1) is 6.92 Å². The van der Waals surface area contributed by atoms with Gasteiger partial charge in [0.2, 0.25) is 0 Å². The molecule has 0 heterocycles. The van der Waals surface area contributed by atoms with E-state index >= 15 is 0 Å². The largest absolute Gasteiger partial charge is 0.396 e. The van der Waals surface area contributed by atoms with Gasteiger partial charge in [-0.2, -0.15) is 8.42 Å². The summed E-state index contributed by atoms with van der Waals surface area (Å²) in [6.45, 7) is 1.88. The van der Waals surface area contributed by atoms with Crippen LogP contribution in [0.3, 0.4) is 0 Å². The molecule has 0 unspecified atom stereocenters. The second kappa shape index (κ2) is 12.2. The van der Waals surface area contributed by atoms with Crippen LogP contribution in [-0.2, 0) is 15.5 Å². The highest BCUT2D eigenvalue weighted by atomic mass is 35.5. The van der Waals surface area contributed by atoms with E-state index in [2.05, 4.69) is 0 Å². The molecular weight excluding hydrogens is 539 g/mol. The molecule has 0 spiro atoms. The number of hydrogen-bond donors (Lipinski definition) is 2. The van der Waals surface area contributed by atoms with Gasteiger partial charge in [0, 0.05) is 27.1 Å². The van der Waals surface area contributed by atoms with E-state index < -0.39 is 15.5 Å². The van der Waals surface area contributed by atoms with E-state index in [1.54, 1.807) is 12.1 Å². The molecule has 0 bridgehead atoms. The predicted molar refractivity (Wildman–Crippen MR) is 147 cm³/mol. The molecule has 0 saturated heterocycles. The zero-order valence-corrected chi connectivity index (χ0v) is 22.5. The molecule has 0 aliphatic carbocycles. The Hall–Kier alpha value is -2.38. The van der Waals surface area contributed by atoms with E-state index in [-0.39, 0.29) is 11.5 Å². The fraction of sp³-hybridized carbons (Fsp3) is 0.143. The Morgan fingerprint density at radius 2 is 0.972 bits per heavy atom. The minimum atomic E-state index is -4.02. The summed E-state index contributed by atoms with van der Waals surface area (Å²) in [5.74, 6) is 0. The van der Waals surface area contributed by atoms with Crippen LogP contribution >= 0.6 is 34.8 Å². The molecule has 0 amide bonds. The molecule has 0 radical (unpaired) electrons. The third kappa shape index (κ3) is 6.88. The van der Waals surface area contributed by atoms with Crippen LogP contribution in [0.25, 0.3) is 0 Å². The Bertz CT molecular complexity index is 1260. The van der Waals surface area contributed by atoms with E-state index in [4.69, 9.17) is 39.4 Å². The highest BCUT2D eigenvalue weighted by Gasteiger charge is 2.35. The van der Waals surface area contributed by atoms with E-state index in [0.29, 0.717) is 21.5 Å². The number of aryl methyl sites for hydroxylation is 1. The van der Waals surface area contributed by atoms with Crippen LogP contribution in [0.1, 0.15) is 28.7 Å². The van der Waals surface area contributed by atoms with Gasteiger partial charge in [-0.15, -0.1) is 0 Å². The van der Waals surface area contributed by atoms with Gasteiger partial charge in [-0.25, -0.2) is 0 Å². The van der Waals surface area contributed by atoms with Gasteiger partial charge in [0.05, 0.1) is 4.90 Å². The van der Waals surface area contributed by atoms with Gasteiger partial charge in [0.15, 0.2) is 0 Å². The molecule has 0 fully saturated rings. The molecule has 0 saturated carbocycles. The lowest BCUT2D eigenvalue weighted by Gasteiger charge is -2.36. The van der Waals surface area contributed by atoms with Crippen LogP contribution in [0.15, 0.2) is 102 Å². The molecule has 0 aliphatic heterocycles. The molecule has 4 nitrogen and oxygen atoms in total. The quantitative estimate of drug-likeness (QED) is 0.187. The molecule has 4 aromatic carbocycles. The Balaban J connectivity index is 0.000000275. The van der Waals surface area contributed by atoms with Crippen LogP contribution < -0.4 is 0 Å². The second-order valence-corrected chi connectivity index (χ2v) is 10.9. The smallest absolute Gasteiger partial charge is 0.294 e. The first-order valence-electron chi connectivity index (χ1n) is 11.0. The molecule has 2 N–H and O–H groups in total. The van der Waals surface area contributed by atoms with Gasteiger partial charge in [0.25, 0.3) is 10.1 Å². The van der Waals surface area contributed by atoms with Crippen molar-refractivity contribution in [2.45, 2.75) is 23.7 Å². The molecule has 4 rings (SSSR count). The molecule has 188 valence electrons. The first-order chi connectivity index (χ1) is 17.1. The van der Waals surface area contributed by atoms with Crippen molar-refractivity contribution in [1.82, 2.24) is 0 Å². The Morgan fingerprint density at radius 3 is 1.25 bits per heavy atom. The van der Waals surface area contributed by atoms with Gasteiger partial charge in [-0.05, 0) is 78.6 Å². The lowest BCUT2D eigenvalue weighted by molar-refractivity contribution is 0.265. The van der Waals surface area contributed by atoms with Crippen LogP contribution in [-0.4, -0.2) is 24.7 Å². The van der Waals surface area contributed by atoms with Crippen molar-refractivity contribution in [1.29, 1.82) is 0 Å². The average Bonchev–Trinajstić information content (AvgIpc) is 2.84. The first-order valence-corrected chi connectivity index (χ1v) is 13.6. The van der Waals surface area contributed by atoms with Gasteiger partial charge in [0.1, 0.15) is 0 Å². The van der Waals surface area contributed by atoms with Crippen molar-refractivity contribution in [2.24, 2.45) is 0 Å². The first kappa shape index (κ1) is 28.2. The standard InChI is InChI=1S/C21H17Cl3O.C7H8O3S/c22-18-7-1-15(2-8-18)21(13-14-25,16-3-9-19(23)10-4-16)17-5-11-20(24)12-6-17;1-6-2-4-7(5-3-6)11(8,9)10/h1-12,25H,13-14H2;2-5H,1H3,(H,8,9,10). The monoisotopic (exact) mass is 562 g/mol. The van der Waals surface area contributed by atoms with E-state index in [1.165, 1.54) is 12.1 Å². The molecule has 0 aromatic heterocycles. The summed E-state index contributed by atoms with van der Waals surface area (Å²) in [6.07, 6.45) is 0.526. The number of rotatable bonds is 6. The molecule has 4 aromatic rings. The maximum atomic E-state index is 10.5. The summed E-state index contributed by atoms with van der Waals surface area (Å²) in [5, 5.41) is 11.9. The SMILES string of the molecule is Cc1ccc(S(=O)(=O)O)cc1.OCCC(c1ccc(Cl)cc1)(c1ccc(Cl)cc1)c1ccc(Cl)cc1. The van der Waals surface area contributed by atoms with Crippen molar-refractivity contribution in [3.05, 3.63) is 134 Å². The summed E-state index contributed by atoms with van der Waals surface area (Å²) in [7, 11) is -4.02. The highest BCUT2D eigenvalue weighted by Crippen LogP contribution is 2.43. The van der Waals surface area contributed by atoms with Crippen molar-refractivity contribution in [3.63, 3.8) is 0 Å². The van der Waals surface area contributed by atoms with Crippen molar-refractivity contribution < 1.29 is 18.1 Å². The molecular formula is C28H25Cl3O4S. The molecule has 8 heteroatoms. The average molecular weight is 564 g/mol. The highest BCUT2D eigenvalue weighted by molar-refractivity contribution is 7.85. The van der Waals surface area contributed by atoms with Crippen LogP contribution in [0.5, 0.6) is 0 Å². The number of benzene rings is 4. The number of aliphatic hydroxyl groups excluding tert-OH is 1. The van der Waals surface area contributed by atoms with Gasteiger partial charge in [-0.1, -0.05) is 88.9 Å². The number of aliphatic hydroxyl groups is 1. The summed E-state index contributed by atoms with van der Waals surface area (Å²) in [4.78, 5) is -0.0666. The summed E-state index contributed by atoms with van der Waals surface area (Å²) in [5.41, 5.74) is 3.59. The normalized spacial score (nSPS) is 11.5. The van der Waals surface area contributed by atoms with Gasteiger partial charge in [-0.3, -0.25) is 4.55 Å². The third-order valence-electron chi connectivity index (χ3n) is 5.82. The summed E-state index contributed by atoms with van der Waals surface area (Å²) < 4.78 is 29.6. The van der Waals surface area contributed by atoms with Crippen molar-refractivity contribution in [2.75, 3.05) is 6.61 Å². The fourth-order valence-electron chi connectivity index (χ4n) is 4.01. The Morgan fingerprint density at radius 1 is 0.639 bits per heavy atom. The zero-order chi connectivity index (χ0) is 26.3. The Labute approximate surface area is 226 Å². The molecule has 36 heavy (non-hydrogen) atoms. The van der Waals surface area contributed by atoms with E-state index in [0.717, 1.165) is 22.3 Å². The summed E-state index contributed by atoms with van der Waals surface area (Å²) in [6, 6.07) is 29.2. The number of hydrogen-bond acceptors (Lipinski definition) is 3. The minimum absolute atomic E-state index is 0.0356. The summed E-state index contributed by atoms with van der Waals surface area (Å²) >= 11 is 18.3. The van der Waals surface area contributed by atoms with Gasteiger partial charge >= 0.3 is 0 Å². The van der Waals surface area contributed by atoms with Crippen LogP contribution in [0.4, 0.5) is 0 Å². The van der Waals surface area contributed by atoms with Crippen molar-refractivity contribution in [3.8, 4) is 0 Å². The van der Waals surface area contributed by atoms with Crippen molar-refractivity contribution >= 4 is 44.9 Å². The van der Waals surface area contributed by atoms with Crippen LogP contribution in [0.2, 0.25) is 15.1 Å². The molecule has 0 aliphatic rings. The van der Waals surface area contributed by atoms with Gasteiger partial charge < -0.3 is 5.11 Å². The fourth-order valence-corrected chi connectivity index (χ4v) is 4.87. The third-order valence-corrected chi connectivity index (χ3v) is 7.44. The maximum Gasteiger partial charge on any atom is 0.294 e. The second-order valence-electron chi connectivity index (χ2n) is 8.19. The van der Waals surface area contributed by atoms with E-state index in [9.17, 15) is 13.5 Å². The number of halogens is 3. The van der Waals surface area contributed by atoms with E-state index in [1.807, 2.05) is 79.7 Å². The lowest BCUT2D eigenvalue weighted by atomic mass is 9.67. The lowest BCUT2D eigenvalue weighted by Crippen LogP contribution is -2.30. The Kier molecular flexibility index (Phi) is 9.59. The zero-order valence-electron chi connectivity index (χ0n) is 19.4. The maximum absolute atomic E-state index is 10.5. The molecule has 0 atom stereocenters. The topological polar surface area (TPSA) is 74.6 Å².